The summed E-state index contributed by atoms with van der Waals surface area (Å²) in [6.45, 7) is -0.468. The number of aromatic nitrogens is 1. The molecule has 1 amide bonds. The molecule has 0 aliphatic carbocycles. The first-order valence-electron chi connectivity index (χ1n) is 10.4. The molecule has 1 aromatic heterocycles. The number of carbonyl (C=O) groups excluding carboxylic acids is 1. The molecule has 4 rings (SSSR count). The number of carboxylic acids is 1. The molecule has 1 atom stereocenters. The van der Waals surface area contributed by atoms with E-state index in [0.29, 0.717) is 29.9 Å². The molecule has 1 aliphatic rings. The number of methoxy groups -OCH3 is 1. The molecule has 33 heavy (non-hydrogen) atoms. The zero-order valence-electron chi connectivity index (χ0n) is 18.0. The number of hydrogen-bond acceptors (Lipinski definition) is 6. The van der Waals surface area contributed by atoms with Crippen LogP contribution in [-0.4, -0.2) is 52.4 Å². The molecule has 0 spiro atoms. The van der Waals surface area contributed by atoms with Gasteiger partial charge in [0.05, 0.1) is 18.9 Å². The summed E-state index contributed by atoms with van der Waals surface area (Å²) in [5.74, 6) is -0.542. The van der Waals surface area contributed by atoms with Crippen LogP contribution in [-0.2, 0) is 11.2 Å². The van der Waals surface area contributed by atoms with E-state index in [9.17, 15) is 9.59 Å². The Bertz CT molecular complexity index is 1170. The van der Waals surface area contributed by atoms with Crippen LogP contribution in [0.5, 0.6) is 11.5 Å². The van der Waals surface area contributed by atoms with Gasteiger partial charge in [0.25, 0.3) is 5.91 Å². The fourth-order valence-electron chi connectivity index (χ4n) is 3.73. The van der Waals surface area contributed by atoms with Crippen LogP contribution in [0.1, 0.15) is 27.9 Å². The molecule has 2 heterocycles. The van der Waals surface area contributed by atoms with Gasteiger partial charge in [-0.1, -0.05) is 30.3 Å². The van der Waals surface area contributed by atoms with Crippen molar-refractivity contribution in [3.05, 3.63) is 89.7 Å². The van der Waals surface area contributed by atoms with Gasteiger partial charge >= 0.3 is 5.97 Å². The van der Waals surface area contributed by atoms with Crippen molar-refractivity contribution in [2.45, 2.75) is 18.9 Å². The predicted molar refractivity (Wildman–Crippen MR) is 122 cm³/mol. The van der Waals surface area contributed by atoms with E-state index >= 15 is 0 Å². The maximum absolute atomic E-state index is 13.2. The lowest BCUT2D eigenvalue weighted by molar-refractivity contribution is -0.139. The summed E-state index contributed by atoms with van der Waals surface area (Å²) in [5, 5.41) is 15.1. The zero-order valence-corrected chi connectivity index (χ0v) is 18.0. The van der Waals surface area contributed by atoms with Gasteiger partial charge in [0, 0.05) is 29.9 Å². The highest BCUT2D eigenvalue weighted by molar-refractivity contribution is 6.05. The van der Waals surface area contributed by atoms with Gasteiger partial charge in [-0.25, -0.2) is 9.80 Å². The minimum absolute atomic E-state index is 0.156. The van der Waals surface area contributed by atoms with Gasteiger partial charge in [-0.05, 0) is 42.3 Å². The van der Waals surface area contributed by atoms with Crippen molar-refractivity contribution in [2.75, 3.05) is 13.7 Å². The number of aliphatic carboxylic acids is 1. The lowest BCUT2D eigenvalue weighted by Gasteiger charge is -2.21. The Kier molecular flexibility index (Phi) is 6.64. The van der Waals surface area contributed by atoms with E-state index in [4.69, 9.17) is 14.6 Å². The number of carbonyl (C=O) groups is 2. The number of amides is 1. The minimum Gasteiger partial charge on any atom is -0.493 e. The number of benzene rings is 2. The molecular weight excluding hydrogens is 422 g/mol. The first-order chi connectivity index (χ1) is 16.0. The molecule has 0 saturated heterocycles. The summed E-state index contributed by atoms with van der Waals surface area (Å²) in [4.78, 5) is 28.1. The molecule has 8 nitrogen and oxygen atoms in total. The quantitative estimate of drug-likeness (QED) is 0.570. The number of hydrazone groups is 1. The molecule has 0 saturated carbocycles. The van der Waals surface area contributed by atoms with Crippen molar-refractivity contribution in [1.82, 2.24) is 9.99 Å². The van der Waals surface area contributed by atoms with Gasteiger partial charge in [0.2, 0.25) is 0 Å². The van der Waals surface area contributed by atoms with Crippen molar-refractivity contribution < 1.29 is 24.2 Å². The van der Waals surface area contributed by atoms with Crippen LogP contribution in [0.3, 0.4) is 0 Å². The smallest absolute Gasteiger partial charge is 0.341 e. The van der Waals surface area contributed by atoms with Crippen molar-refractivity contribution in [1.29, 1.82) is 0 Å². The molecule has 3 aromatic rings. The highest BCUT2D eigenvalue weighted by Gasteiger charge is 2.33. The fraction of sp³-hybridized carbons (Fsp3) is 0.200. The van der Waals surface area contributed by atoms with Gasteiger partial charge in [-0.15, -0.1) is 0 Å². The average Bonchev–Trinajstić information content (AvgIpc) is 3.27. The predicted octanol–water partition coefficient (Wildman–Crippen LogP) is 3.42. The van der Waals surface area contributed by atoms with Crippen LogP contribution < -0.4 is 9.47 Å². The SMILES string of the molecule is COc1cc(C2=NN(C(=O)c3ccncc3)C(Cc3ccccc3)C2)ccc1OCC(=O)O. The Balaban J connectivity index is 1.63. The molecule has 1 N–H and O–H groups in total. The molecule has 1 unspecified atom stereocenters. The number of nitrogens with zero attached hydrogens (tertiary/aromatic N) is 3. The Morgan fingerprint density at radius 2 is 1.82 bits per heavy atom. The standard InChI is InChI=1S/C25H23N3O5/c1-32-23-14-19(7-8-22(23)33-16-24(29)30)21-15-20(13-17-5-3-2-4-6-17)28(27-21)25(31)18-9-11-26-12-10-18/h2-12,14,20H,13,15-16H2,1H3,(H,29,30). The van der Waals surface area contributed by atoms with Crippen molar-refractivity contribution in [3.8, 4) is 11.5 Å². The molecule has 0 fully saturated rings. The number of ether oxygens (including phenoxy) is 2. The lowest BCUT2D eigenvalue weighted by atomic mass is 9.98. The summed E-state index contributed by atoms with van der Waals surface area (Å²) < 4.78 is 10.7. The summed E-state index contributed by atoms with van der Waals surface area (Å²) in [5.41, 5.74) is 3.14. The van der Waals surface area contributed by atoms with Crippen molar-refractivity contribution in [2.24, 2.45) is 5.10 Å². The fourth-order valence-corrected chi connectivity index (χ4v) is 3.73. The Morgan fingerprint density at radius 1 is 1.06 bits per heavy atom. The zero-order chi connectivity index (χ0) is 23.2. The van der Waals surface area contributed by atoms with E-state index in [1.165, 1.54) is 7.11 Å². The summed E-state index contributed by atoms with van der Waals surface area (Å²) >= 11 is 0. The third kappa shape index (κ3) is 5.17. The first-order valence-corrected chi connectivity index (χ1v) is 10.4. The van der Waals surface area contributed by atoms with E-state index in [0.717, 1.165) is 16.8 Å². The van der Waals surface area contributed by atoms with Crippen LogP contribution in [0, 0.1) is 0 Å². The van der Waals surface area contributed by atoms with Crippen LogP contribution in [0.15, 0.2) is 78.2 Å². The van der Waals surface area contributed by atoms with E-state index in [1.807, 2.05) is 30.3 Å². The average molecular weight is 445 g/mol. The minimum atomic E-state index is -1.07. The number of rotatable bonds is 8. The van der Waals surface area contributed by atoms with Crippen LogP contribution in [0.4, 0.5) is 0 Å². The van der Waals surface area contributed by atoms with Gasteiger partial charge in [-0.2, -0.15) is 5.10 Å². The third-order valence-electron chi connectivity index (χ3n) is 5.30. The number of pyridine rings is 1. The maximum Gasteiger partial charge on any atom is 0.341 e. The molecule has 8 heteroatoms. The van der Waals surface area contributed by atoms with Crippen molar-refractivity contribution >= 4 is 17.6 Å². The third-order valence-corrected chi connectivity index (χ3v) is 5.30. The van der Waals surface area contributed by atoms with Gasteiger partial charge in [-0.3, -0.25) is 9.78 Å². The van der Waals surface area contributed by atoms with Gasteiger partial charge < -0.3 is 14.6 Å². The van der Waals surface area contributed by atoms with Crippen molar-refractivity contribution in [3.63, 3.8) is 0 Å². The van der Waals surface area contributed by atoms with E-state index in [1.54, 1.807) is 47.7 Å². The summed E-state index contributed by atoms with van der Waals surface area (Å²) in [7, 11) is 1.49. The molecule has 0 bridgehead atoms. The molecule has 2 aromatic carbocycles. The molecular formula is C25H23N3O5. The first kappa shape index (κ1) is 22.0. The largest absolute Gasteiger partial charge is 0.493 e. The summed E-state index contributed by atoms with van der Waals surface area (Å²) in [6, 6.07) is 18.4. The molecule has 0 radical (unpaired) electrons. The molecule has 1 aliphatic heterocycles. The van der Waals surface area contributed by atoms with Gasteiger partial charge in [0.15, 0.2) is 18.1 Å². The lowest BCUT2D eigenvalue weighted by Crippen LogP contribution is -2.34. The topological polar surface area (TPSA) is 101 Å². The maximum atomic E-state index is 13.2. The summed E-state index contributed by atoms with van der Waals surface area (Å²) in [6.07, 6.45) is 4.38. The normalized spacial score (nSPS) is 15.1. The van der Waals surface area contributed by atoms with Gasteiger partial charge in [0.1, 0.15) is 0 Å². The van der Waals surface area contributed by atoms with E-state index in [2.05, 4.69) is 10.1 Å². The van der Waals surface area contributed by atoms with Crippen LogP contribution in [0.25, 0.3) is 0 Å². The van der Waals surface area contributed by atoms with Crippen LogP contribution in [0.2, 0.25) is 0 Å². The highest BCUT2D eigenvalue weighted by atomic mass is 16.5. The second kappa shape index (κ2) is 9.95. The van der Waals surface area contributed by atoms with E-state index in [-0.39, 0.29) is 11.9 Å². The number of hydrogen-bond donors (Lipinski definition) is 1. The second-order valence-corrected chi connectivity index (χ2v) is 7.53. The Morgan fingerprint density at radius 3 is 2.52 bits per heavy atom. The van der Waals surface area contributed by atoms with E-state index < -0.39 is 12.6 Å². The molecule has 168 valence electrons. The van der Waals surface area contributed by atoms with Crippen LogP contribution >= 0.6 is 0 Å². The highest BCUT2D eigenvalue weighted by Crippen LogP contribution is 2.31. The second-order valence-electron chi connectivity index (χ2n) is 7.53. The Hall–Kier alpha value is -4.20. The number of carboxylic acid groups (broad SMARTS) is 1. The monoisotopic (exact) mass is 445 g/mol. The Labute approximate surface area is 191 Å².